The van der Waals surface area contributed by atoms with Crippen LogP contribution >= 0.6 is 0 Å². The van der Waals surface area contributed by atoms with E-state index in [4.69, 9.17) is 18.6 Å². The van der Waals surface area contributed by atoms with Gasteiger partial charge < -0.3 is 0 Å². The Bertz CT molecular complexity index is 416. The quantitative estimate of drug-likeness (QED) is 0.679. The molecule has 2 atom stereocenters. The molecule has 0 aromatic heterocycles. The molecule has 19 heavy (non-hydrogen) atoms. The predicted molar refractivity (Wildman–Crippen MR) is 60.3 cm³/mol. The Morgan fingerprint density at radius 3 is 2.37 bits per heavy atom. The summed E-state index contributed by atoms with van der Waals surface area (Å²) >= 11 is 0. The van der Waals surface area contributed by atoms with Crippen LogP contribution in [0.15, 0.2) is 30.3 Å². The maximum Gasteiger partial charge on any atom is 0.0777 e. The van der Waals surface area contributed by atoms with Crippen LogP contribution in [-0.2, 0) is 5.54 Å². The molecular weight excluding hydrogens is 270 g/mol. The number of hydrogen-bond donors (Lipinski definition) is 1. The zero-order valence-electron chi connectivity index (χ0n) is 10.8. The van der Waals surface area contributed by atoms with Crippen molar-refractivity contribution in [3.8, 4) is 0 Å². The summed E-state index contributed by atoms with van der Waals surface area (Å²) in [4.78, 5) is 2.57. The Morgan fingerprint density at radius 2 is 1.84 bits per heavy atom. The van der Waals surface area contributed by atoms with Gasteiger partial charge in [-0.1, -0.05) is 30.3 Å². The van der Waals surface area contributed by atoms with Crippen LogP contribution in [-0.4, -0.2) is 23.2 Å². The number of piperidine rings is 1. The summed E-state index contributed by atoms with van der Waals surface area (Å²) in [6.07, 6.45) is 4.20. The molecular formula is C13H18ClNO4. The molecule has 1 aliphatic carbocycles. The molecule has 1 saturated heterocycles. The smallest absolute Gasteiger partial charge is 0.0777 e. The molecule has 6 heteroatoms. The first-order valence-electron chi connectivity index (χ1n) is 6.24. The normalized spacial score (nSPS) is 30.1. The number of benzene rings is 1. The molecule has 1 aromatic carbocycles. The second-order valence-corrected chi connectivity index (χ2v) is 5.94. The average molecular weight is 288 g/mol. The molecule has 5 nitrogen and oxygen atoms in total. The lowest BCUT2D eigenvalue weighted by atomic mass is 9.95. The predicted octanol–water partition coefficient (Wildman–Crippen LogP) is -1.50. The summed E-state index contributed by atoms with van der Waals surface area (Å²) in [5, 5.41) is 0. The van der Waals surface area contributed by atoms with Gasteiger partial charge in [-0.2, -0.15) is 14.0 Å². The van der Waals surface area contributed by atoms with Gasteiger partial charge in [0.05, 0.1) is 14.9 Å². The van der Waals surface area contributed by atoms with Gasteiger partial charge in [0.1, 0.15) is 0 Å². The summed E-state index contributed by atoms with van der Waals surface area (Å²) in [5.41, 5.74) is 1.96. The van der Waals surface area contributed by atoms with Gasteiger partial charge in [0, 0.05) is 5.54 Å². The maximum atomic E-state index is 8.60. The number of rotatable bonds is 1. The van der Waals surface area contributed by atoms with E-state index in [9.17, 15) is 0 Å². The van der Waals surface area contributed by atoms with Gasteiger partial charge >= 0.3 is 0 Å². The monoisotopic (exact) mass is 287 g/mol. The second-order valence-electron chi connectivity index (χ2n) is 5.15. The fraction of sp³-hybridized carbons (Fsp3) is 0.538. The van der Waals surface area contributed by atoms with Gasteiger partial charge in [-0.15, -0.1) is 0 Å². The summed E-state index contributed by atoms with van der Waals surface area (Å²) in [5.74, 6) is 0.934. The highest BCUT2D eigenvalue weighted by molar-refractivity contribution is 5.33. The Morgan fingerprint density at radius 1 is 1.26 bits per heavy atom. The summed E-state index contributed by atoms with van der Waals surface area (Å²) in [6, 6.07) is 11.0. The Balaban J connectivity index is 0.000000232. The van der Waals surface area contributed by atoms with Crippen LogP contribution in [0.25, 0.3) is 0 Å². The van der Waals surface area contributed by atoms with Crippen molar-refractivity contribution in [3.63, 3.8) is 0 Å². The minimum absolute atomic E-state index is 0.430. The lowest BCUT2D eigenvalue weighted by Crippen LogP contribution is -2.58. The maximum absolute atomic E-state index is 8.60. The van der Waals surface area contributed by atoms with E-state index in [0.717, 1.165) is 5.92 Å². The van der Waals surface area contributed by atoms with Gasteiger partial charge in [-0.25, -0.2) is 0 Å². The van der Waals surface area contributed by atoms with Crippen LogP contribution in [0, 0.1) is 16.2 Å². The minimum Gasteiger partial charge on any atom is -0.296 e. The van der Waals surface area contributed by atoms with Crippen LogP contribution < -0.4 is 14.0 Å². The third-order valence-electron chi connectivity index (χ3n) is 4.07. The number of hydrogen-bond acceptors (Lipinski definition) is 5. The van der Waals surface area contributed by atoms with Crippen molar-refractivity contribution in [2.24, 2.45) is 5.92 Å². The van der Waals surface area contributed by atoms with Crippen LogP contribution in [0.4, 0.5) is 0 Å². The van der Waals surface area contributed by atoms with E-state index in [2.05, 4.69) is 42.3 Å². The molecule has 0 radical (unpaired) electrons. The Kier molecular flexibility index (Phi) is 4.15. The summed E-state index contributed by atoms with van der Waals surface area (Å²) in [6.45, 7) is 1.27. The van der Waals surface area contributed by atoms with Crippen molar-refractivity contribution in [2.45, 2.75) is 24.8 Å². The molecule has 0 bridgehead atoms. The second kappa shape index (κ2) is 5.36. The van der Waals surface area contributed by atoms with Crippen LogP contribution in [0.3, 0.4) is 0 Å². The molecule has 2 aliphatic rings. The molecule has 1 aromatic rings. The van der Waals surface area contributed by atoms with Crippen molar-refractivity contribution in [2.75, 3.05) is 13.6 Å². The molecule has 1 saturated carbocycles. The SMILES string of the molecule is CN1CCCC2CC21c1ccccc1.[O-][Cl+3]([O-])([O-])O. The summed E-state index contributed by atoms with van der Waals surface area (Å²) in [7, 11) is -2.41. The van der Waals surface area contributed by atoms with Crippen molar-refractivity contribution in [1.29, 1.82) is 0 Å². The fourth-order valence-corrected chi connectivity index (χ4v) is 3.20. The molecule has 0 spiro atoms. The first kappa shape index (κ1) is 14.7. The third-order valence-corrected chi connectivity index (χ3v) is 4.07. The fourth-order valence-electron chi connectivity index (χ4n) is 3.20. The molecule has 1 heterocycles. The van der Waals surface area contributed by atoms with Gasteiger partial charge in [0.15, 0.2) is 0 Å². The Hall–Kier alpha value is -0.690. The molecule has 0 amide bonds. The molecule has 2 unspecified atom stereocenters. The van der Waals surface area contributed by atoms with Crippen molar-refractivity contribution >= 4 is 0 Å². The lowest BCUT2D eigenvalue weighted by molar-refractivity contribution is -1.92. The van der Waals surface area contributed by atoms with Gasteiger partial charge in [0.25, 0.3) is 0 Å². The molecule has 1 aliphatic heterocycles. The molecule has 106 valence electrons. The first-order valence-corrected chi connectivity index (χ1v) is 7.50. The largest absolute Gasteiger partial charge is 0.296 e. The standard InChI is InChI=1S/C13H17N.ClHO4/c1-14-9-5-8-12-10-13(12,14)11-6-3-2-4-7-11;2-1(3,4)5/h2-4,6-7,12H,5,8-10H2,1H3;(H,2,3,4,5). The number of halogens is 1. The third kappa shape index (κ3) is 3.45. The Labute approximate surface area is 114 Å². The number of fused-ring (bicyclic) bond motifs is 1. The van der Waals surface area contributed by atoms with E-state index >= 15 is 0 Å². The topological polar surface area (TPSA) is 92.7 Å². The zero-order chi connectivity index (χ0) is 14.1. The summed E-state index contributed by atoms with van der Waals surface area (Å²) < 4.78 is 32.7. The van der Waals surface area contributed by atoms with Crippen LogP contribution in [0.2, 0.25) is 0 Å². The average Bonchev–Trinajstić information content (AvgIpc) is 3.05. The first-order chi connectivity index (χ1) is 8.84. The van der Waals surface area contributed by atoms with E-state index in [1.165, 1.54) is 31.4 Å². The van der Waals surface area contributed by atoms with Gasteiger partial charge in [-0.05, 0) is 44.3 Å². The van der Waals surface area contributed by atoms with E-state index in [0.29, 0.717) is 5.54 Å². The van der Waals surface area contributed by atoms with E-state index in [-0.39, 0.29) is 0 Å². The van der Waals surface area contributed by atoms with Crippen molar-refractivity contribution < 1.29 is 28.9 Å². The highest BCUT2D eigenvalue weighted by Gasteiger charge is 2.58. The number of nitrogens with zero attached hydrogens (tertiary/aromatic N) is 1. The van der Waals surface area contributed by atoms with Gasteiger partial charge in [-0.3, -0.25) is 4.90 Å². The van der Waals surface area contributed by atoms with Crippen molar-refractivity contribution in [3.05, 3.63) is 35.9 Å². The minimum atomic E-state index is -4.69. The lowest BCUT2D eigenvalue weighted by Gasteiger charge is -2.33. The highest BCUT2D eigenvalue weighted by Crippen LogP contribution is 2.60. The van der Waals surface area contributed by atoms with Crippen LogP contribution in [0.1, 0.15) is 24.8 Å². The molecule has 3 rings (SSSR count). The molecule has 2 fully saturated rings. The van der Waals surface area contributed by atoms with Crippen molar-refractivity contribution in [1.82, 2.24) is 4.90 Å². The van der Waals surface area contributed by atoms with E-state index < -0.39 is 10.2 Å². The van der Waals surface area contributed by atoms with Gasteiger partial charge in [0.2, 0.25) is 0 Å². The number of likely N-dealkylation sites (tertiary alicyclic amines) is 1. The van der Waals surface area contributed by atoms with E-state index in [1.54, 1.807) is 0 Å². The molecule has 1 N–H and O–H groups in total. The highest BCUT2D eigenvalue weighted by atomic mass is 35.7. The zero-order valence-corrected chi connectivity index (χ0v) is 11.5. The van der Waals surface area contributed by atoms with Crippen LogP contribution in [0.5, 0.6) is 0 Å². The van der Waals surface area contributed by atoms with E-state index in [1.807, 2.05) is 0 Å².